The fourth-order valence-electron chi connectivity index (χ4n) is 1.50. The Balaban J connectivity index is 2.44. The van der Waals surface area contributed by atoms with Gasteiger partial charge in [0.25, 0.3) is 0 Å². The summed E-state index contributed by atoms with van der Waals surface area (Å²) in [4.78, 5) is 22.2. The molecule has 0 heterocycles. The highest BCUT2D eigenvalue weighted by atomic mass is 19.4. The summed E-state index contributed by atoms with van der Waals surface area (Å²) in [6, 6.07) is 7.91. The van der Waals surface area contributed by atoms with Gasteiger partial charge in [-0.1, -0.05) is 5.92 Å². The first kappa shape index (κ1) is 19.0. The summed E-state index contributed by atoms with van der Waals surface area (Å²) < 4.78 is 39.9. The first-order chi connectivity index (χ1) is 11.2. The van der Waals surface area contributed by atoms with Crippen LogP contribution in [0.15, 0.2) is 24.3 Å². The van der Waals surface area contributed by atoms with E-state index in [2.05, 4.69) is 21.9 Å². The van der Waals surface area contributed by atoms with Crippen LogP contribution in [-0.4, -0.2) is 24.3 Å². The van der Waals surface area contributed by atoms with E-state index in [1.165, 1.54) is 0 Å². The van der Waals surface area contributed by atoms with Gasteiger partial charge in [-0.3, -0.25) is 10.5 Å². The summed E-state index contributed by atoms with van der Waals surface area (Å²) in [5.74, 6) is 1.87. The molecule has 1 aromatic rings. The monoisotopic (exact) mass is 339 g/mol. The minimum atomic E-state index is -5.13. The van der Waals surface area contributed by atoms with Crippen molar-refractivity contribution in [1.29, 1.82) is 5.26 Å². The number of anilines is 1. The molecule has 6 nitrogen and oxygen atoms in total. The molecule has 0 fully saturated rings. The van der Waals surface area contributed by atoms with E-state index >= 15 is 0 Å². The van der Waals surface area contributed by atoms with Crippen molar-refractivity contribution >= 4 is 17.6 Å². The van der Waals surface area contributed by atoms with E-state index in [-0.39, 0.29) is 12.8 Å². The lowest BCUT2D eigenvalue weighted by Gasteiger charge is -2.14. The molecule has 0 aliphatic heterocycles. The van der Waals surface area contributed by atoms with Crippen molar-refractivity contribution in [3.05, 3.63) is 29.8 Å². The Labute approximate surface area is 135 Å². The smallest absolute Gasteiger partial charge is 0.440 e. The number of rotatable bonds is 5. The van der Waals surface area contributed by atoms with Crippen molar-refractivity contribution in [3.63, 3.8) is 0 Å². The van der Waals surface area contributed by atoms with Gasteiger partial charge in [0.15, 0.2) is 12.3 Å². The van der Waals surface area contributed by atoms with E-state index in [1.54, 1.807) is 30.3 Å². The zero-order valence-electron chi connectivity index (χ0n) is 12.2. The molecule has 0 aliphatic carbocycles. The fourth-order valence-corrected chi connectivity index (χ4v) is 1.50. The van der Waals surface area contributed by atoms with E-state index in [1.807, 2.05) is 0 Å². The lowest BCUT2D eigenvalue weighted by Crippen LogP contribution is -2.35. The number of carbonyl (C=O) groups is 2. The van der Waals surface area contributed by atoms with Crippen molar-refractivity contribution in [3.8, 4) is 17.9 Å². The van der Waals surface area contributed by atoms with Gasteiger partial charge in [0, 0.05) is 30.0 Å². The van der Waals surface area contributed by atoms with Crippen LogP contribution in [-0.2, 0) is 14.3 Å². The van der Waals surface area contributed by atoms with E-state index in [4.69, 9.17) is 11.0 Å². The van der Waals surface area contributed by atoms with Crippen LogP contribution in [0.5, 0.6) is 0 Å². The lowest BCUT2D eigenvalue weighted by atomic mass is 10.2. The van der Waals surface area contributed by atoms with Gasteiger partial charge in [-0.25, -0.2) is 4.79 Å². The Kier molecular flexibility index (Phi) is 6.78. The number of nitrogens with zero attached hydrogens (tertiary/aromatic N) is 1. The molecule has 9 heteroatoms. The number of hydrogen-bond acceptors (Lipinski definition) is 5. The average Bonchev–Trinajstić information content (AvgIpc) is 2.51. The number of hydrogen-bond donors (Lipinski definition) is 2. The standard InChI is InChI=1S/C15H12F3N3O3/c16-15(17,18)14(23)24-12(20)7-8-13(22)21-11-5-3-10(4-6-11)2-1-9-19/h3-6,12H,7-8,20H2,(H,21,22). The highest BCUT2D eigenvalue weighted by Crippen LogP contribution is 2.17. The first-order valence-corrected chi connectivity index (χ1v) is 6.56. The lowest BCUT2D eigenvalue weighted by molar-refractivity contribution is -0.204. The number of nitriles is 1. The summed E-state index contributed by atoms with van der Waals surface area (Å²) in [7, 11) is 0. The fraction of sp³-hybridized carbons (Fsp3) is 0.267. The number of esters is 1. The van der Waals surface area contributed by atoms with Gasteiger partial charge in [-0.2, -0.15) is 18.4 Å². The largest absolute Gasteiger partial charge is 0.490 e. The van der Waals surface area contributed by atoms with Crippen LogP contribution >= 0.6 is 0 Å². The molecule has 126 valence electrons. The Hall–Kier alpha value is -3.04. The molecule has 1 unspecified atom stereocenters. The first-order valence-electron chi connectivity index (χ1n) is 6.56. The molecule has 24 heavy (non-hydrogen) atoms. The number of nitrogens with two attached hydrogens (primary N) is 1. The number of nitrogens with one attached hydrogen (secondary N) is 1. The molecule has 0 bridgehead atoms. The van der Waals surface area contributed by atoms with Crippen LogP contribution in [0.3, 0.4) is 0 Å². The molecule has 1 atom stereocenters. The van der Waals surface area contributed by atoms with Crippen molar-refractivity contribution in [2.24, 2.45) is 5.73 Å². The molecule has 0 aromatic heterocycles. The van der Waals surface area contributed by atoms with Crippen molar-refractivity contribution < 1.29 is 27.5 Å². The number of amides is 1. The minimum absolute atomic E-state index is 0.234. The predicted octanol–water partition coefficient (Wildman–Crippen LogP) is 1.67. The van der Waals surface area contributed by atoms with Crippen LogP contribution in [0.2, 0.25) is 0 Å². The summed E-state index contributed by atoms with van der Waals surface area (Å²) in [5.41, 5.74) is 6.23. The summed E-state index contributed by atoms with van der Waals surface area (Å²) in [6.45, 7) is 0. The maximum absolute atomic E-state index is 12.0. The molecule has 0 spiro atoms. The minimum Gasteiger partial charge on any atom is -0.440 e. The zero-order valence-corrected chi connectivity index (χ0v) is 12.2. The second kappa shape index (κ2) is 8.56. The highest BCUT2D eigenvalue weighted by molar-refractivity contribution is 5.90. The second-order valence-corrected chi connectivity index (χ2v) is 4.47. The molecule has 1 aromatic carbocycles. The van der Waals surface area contributed by atoms with Crippen molar-refractivity contribution in [1.82, 2.24) is 0 Å². The average molecular weight is 339 g/mol. The van der Waals surface area contributed by atoms with Crippen molar-refractivity contribution in [2.75, 3.05) is 5.32 Å². The van der Waals surface area contributed by atoms with Crippen LogP contribution in [0.4, 0.5) is 18.9 Å². The molecule has 3 N–H and O–H groups in total. The van der Waals surface area contributed by atoms with Gasteiger partial charge in [0.1, 0.15) is 0 Å². The number of benzene rings is 1. The third-order valence-electron chi connectivity index (χ3n) is 2.58. The van der Waals surface area contributed by atoms with Crippen LogP contribution in [0.1, 0.15) is 18.4 Å². The SMILES string of the molecule is N#CC#Cc1ccc(NC(=O)CCC(N)OC(=O)C(F)(F)F)cc1. The Morgan fingerprint density at radius 1 is 1.29 bits per heavy atom. The predicted molar refractivity (Wildman–Crippen MR) is 76.9 cm³/mol. The number of alkyl halides is 3. The molecular formula is C15H12F3N3O3. The maximum Gasteiger partial charge on any atom is 0.490 e. The molecule has 1 rings (SSSR count). The third kappa shape index (κ3) is 6.81. The summed E-state index contributed by atoms with van der Waals surface area (Å²) in [6.07, 6.45) is -7.16. The molecular weight excluding hydrogens is 327 g/mol. The van der Waals surface area contributed by atoms with Gasteiger partial charge in [0.2, 0.25) is 5.91 Å². The van der Waals surface area contributed by atoms with E-state index < -0.39 is 24.3 Å². The van der Waals surface area contributed by atoms with E-state index in [9.17, 15) is 22.8 Å². The Bertz CT molecular complexity index is 697. The van der Waals surface area contributed by atoms with Gasteiger partial charge in [0.05, 0.1) is 0 Å². The Morgan fingerprint density at radius 3 is 2.46 bits per heavy atom. The van der Waals surface area contributed by atoms with E-state index in [0.717, 1.165) is 0 Å². The molecule has 0 radical (unpaired) electrons. The third-order valence-corrected chi connectivity index (χ3v) is 2.58. The van der Waals surface area contributed by atoms with Crippen LogP contribution in [0, 0.1) is 23.2 Å². The second-order valence-electron chi connectivity index (χ2n) is 4.47. The highest BCUT2D eigenvalue weighted by Gasteiger charge is 2.41. The summed E-state index contributed by atoms with van der Waals surface area (Å²) >= 11 is 0. The van der Waals surface area contributed by atoms with Crippen LogP contribution in [0.25, 0.3) is 0 Å². The number of halogens is 3. The number of ether oxygens (including phenoxy) is 1. The quantitative estimate of drug-likeness (QED) is 0.482. The molecule has 0 saturated heterocycles. The van der Waals surface area contributed by atoms with Gasteiger partial charge in [-0.05, 0) is 24.3 Å². The molecule has 1 amide bonds. The van der Waals surface area contributed by atoms with Gasteiger partial charge < -0.3 is 10.1 Å². The topological polar surface area (TPSA) is 105 Å². The molecule has 0 saturated carbocycles. The maximum atomic E-state index is 12.0. The summed E-state index contributed by atoms with van der Waals surface area (Å²) in [5, 5.41) is 10.8. The van der Waals surface area contributed by atoms with Gasteiger partial charge >= 0.3 is 12.1 Å². The van der Waals surface area contributed by atoms with Crippen LogP contribution < -0.4 is 11.1 Å². The number of carbonyl (C=O) groups excluding carboxylic acids is 2. The van der Waals surface area contributed by atoms with Gasteiger partial charge in [-0.15, -0.1) is 0 Å². The zero-order chi connectivity index (χ0) is 18.2. The molecule has 0 aliphatic rings. The van der Waals surface area contributed by atoms with Crippen molar-refractivity contribution in [2.45, 2.75) is 25.2 Å². The Morgan fingerprint density at radius 2 is 1.92 bits per heavy atom. The van der Waals surface area contributed by atoms with E-state index in [0.29, 0.717) is 11.3 Å². The normalized spacial score (nSPS) is 11.5.